The average molecular weight is 81.1 g/mol. The number of imidazole rings is 1. The molecule has 6 heavy (non-hydrogen) atoms. The molecule has 0 aliphatic heterocycles. The van der Waals surface area contributed by atoms with Crippen LogP contribution in [-0.4, -0.2) is 9.55 Å². The Bertz CT molecular complexity index is 109. The van der Waals surface area contributed by atoms with Crippen molar-refractivity contribution in [1.82, 2.24) is 9.55 Å². The minimum absolute atomic E-state index is 1.69. The Labute approximate surface area is 36.4 Å². The van der Waals surface area contributed by atoms with Crippen molar-refractivity contribution in [2.45, 2.75) is 0 Å². The van der Waals surface area contributed by atoms with Crippen molar-refractivity contribution in [3.8, 4) is 0 Å². The van der Waals surface area contributed by atoms with Crippen molar-refractivity contribution < 1.29 is 0 Å². The smallest absolute Gasteiger partial charge is 0.000183 e. The minimum Gasteiger partial charge on any atom is -0.457 e. The van der Waals surface area contributed by atoms with Crippen molar-refractivity contribution in [1.29, 1.82) is 0 Å². The second kappa shape index (κ2) is 1.12. The van der Waals surface area contributed by atoms with Gasteiger partial charge in [0.1, 0.15) is 0 Å². The van der Waals surface area contributed by atoms with E-state index in [1.54, 1.807) is 10.8 Å². The summed E-state index contributed by atoms with van der Waals surface area (Å²) in [5, 5.41) is 0. The molecular formula is C4H5N2-. The molecule has 1 aromatic rings. The van der Waals surface area contributed by atoms with Gasteiger partial charge in [0.05, 0.1) is 0 Å². The van der Waals surface area contributed by atoms with E-state index in [1.807, 2.05) is 13.2 Å². The third-order valence-electron chi connectivity index (χ3n) is 0.580. The molecule has 2 nitrogen and oxygen atoms in total. The van der Waals surface area contributed by atoms with Crippen LogP contribution in [0.2, 0.25) is 0 Å². The summed E-state index contributed by atoms with van der Waals surface area (Å²) in [6.45, 7) is 0. The van der Waals surface area contributed by atoms with Gasteiger partial charge in [0.25, 0.3) is 0 Å². The first-order valence-electron chi connectivity index (χ1n) is 1.74. The van der Waals surface area contributed by atoms with Crippen LogP contribution < -0.4 is 0 Å². The molecule has 0 radical (unpaired) electrons. The van der Waals surface area contributed by atoms with E-state index >= 15 is 0 Å². The highest BCUT2D eigenvalue weighted by molar-refractivity contribution is 4.68. The highest BCUT2D eigenvalue weighted by Gasteiger charge is 1.57. The molecule has 2 heteroatoms. The second-order valence-electron chi connectivity index (χ2n) is 1.14. The Morgan fingerprint density at radius 2 is 2.67 bits per heavy atom. The molecule has 0 aromatic carbocycles. The van der Waals surface area contributed by atoms with Gasteiger partial charge in [0.2, 0.25) is 0 Å². The van der Waals surface area contributed by atoms with Crippen LogP contribution in [0.5, 0.6) is 0 Å². The Hall–Kier alpha value is -0.790. The number of hydrogen-bond acceptors (Lipinski definition) is 1. The van der Waals surface area contributed by atoms with Crippen LogP contribution in [-0.2, 0) is 7.05 Å². The Morgan fingerprint density at radius 1 is 1.83 bits per heavy atom. The summed E-state index contributed by atoms with van der Waals surface area (Å²) in [5.74, 6) is 0. The zero-order valence-electron chi connectivity index (χ0n) is 3.55. The molecule has 0 fully saturated rings. The SMILES string of the molecule is Cn1[c-]ncc1. The van der Waals surface area contributed by atoms with Gasteiger partial charge in [-0.2, -0.15) is 0 Å². The molecule has 0 amide bonds. The van der Waals surface area contributed by atoms with Gasteiger partial charge in [-0.25, -0.2) is 0 Å². The van der Waals surface area contributed by atoms with Crippen molar-refractivity contribution in [3.63, 3.8) is 0 Å². The third-order valence-corrected chi connectivity index (χ3v) is 0.580. The summed E-state index contributed by atoms with van der Waals surface area (Å²) in [5.41, 5.74) is 0. The lowest BCUT2D eigenvalue weighted by molar-refractivity contribution is 0.902. The monoisotopic (exact) mass is 81.0 g/mol. The molecule has 0 unspecified atom stereocenters. The Kier molecular flexibility index (Phi) is 0.638. The fourth-order valence-electron chi connectivity index (χ4n) is 0.291. The third kappa shape index (κ3) is 0.407. The number of aryl methyl sites for hydroxylation is 1. The fraction of sp³-hybridized carbons (Fsp3) is 0.250. The summed E-state index contributed by atoms with van der Waals surface area (Å²) < 4.78 is 1.76. The van der Waals surface area contributed by atoms with Crippen molar-refractivity contribution in [2.75, 3.05) is 0 Å². The van der Waals surface area contributed by atoms with Crippen LogP contribution in [0.25, 0.3) is 0 Å². The van der Waals surface area contributed by atoms with Crippen LogP contribution in [0.15, 0.2) is 12.4 Å². The van der Waals surface area contributed by atoms with E-state index in [2.05, 4.69) is 11.3 Å². The molecule has 0 saturated carbocycles. The lowest BCUT2D eigenvalue weighted by Gasteiger charge is -1.87. The Balaban J connectivity index is 3.05. The molecule has 0 aliphatic rings. The number of rotatable bonds is 0. The molecule has 32 valence electrons. The van der Waals surface area contributed by atoms with Crippen LogP contribution >= 0.6 is 0 Å². The normalized spacial score (nSPS) is 8.83. The first-order valence-corrected chi connectivity index (χ1v) is 1.74. The van der Waals surface area contributed by atoms with E-state index in [1.165, 1.54) is 0 Å². The highest BCUT2D eigenvalue weighted by atomic mass is 15.0. The second-order valence-corrected chi connectivity index (χ2v) is 1.14. The lowest BCUT2D eigenvalue weighted by atomic mass is 10.9. The fourth-order valence-corrected chi connectivity index (χ4v) is 0.291. The van der Waals surface area contributed by atoms with Crippen LogP contribution in [0.1, 0.15) is 0 Å². The first-order chi connectivity index (χ1) is 2.89. The molecule has 0 spiro atoms. The zero-order valence-corrected chi connectivity index (χ0v) is 3.55. The number of nitrogens with zero attached hydrogens (tertiary/aromatic N) is 2. The maximum absolute atomic E-state index is 3.66. The quantitative estimate of drug-likeness (QED) is 0.408. The first kappa shape index (κ1) is 3.40. The molecule has 1 heterocycles. The van der Waals surface area contributed by atoms with Crippen LogP contribution in [0.3, 0.4) is 0 Å². The standard InChI is InChI=1S/C4H5N2/c1-6-3-2-5-4-6/h2-3H,1H3/q-1. The van der Waals surface area contributed by atoms with Crippen LogP contribution in [0, 0.1) is 6.33 Å². The molecule has 0 bridgehead atoms. The molecule has 0 atom stereocenters. The van der Waals surface area contributed by atoms with Gasteiger partial charge in [0.15, 0.2) is 0 Å². The van der Waals surface area contributed by atoms with E-state index in [-0.39, 0.29) is 0 Å². The van der Waals surface area contributed by atoms with Gasteiger partial charge in [0, 0.05) is 6.33 Å². The maximum atomic E-state index is 3.66. The van der Waals surface area contributed by atoms with Crippen molar-refractivity contribution >= 4 is 0 Å². The van der Waals surface area contributed by atoms with Gasteiger partial charge < -0.3 is 9.55 Å². The topological polar surface area (TPSA) is 17.8 Å². The van der Waals surface area contributed by atoms with Gasteiger partial charge in [-0.3, -0.25) is 0 Å². The van der Waals surface area contributed by atoms with E-state index in [9.17, 15) is 0 Å². The summed E-state index contributed by atoms with van der Waals surface area (Å²) in [6.07, 6.45) is 6.19. The predicted octanol–water partition coefficient (Wildman–Crippen LogP) is 0.220. The van der Waals surface area contributed by atoms with Gasteiger partial charge in [-0.15, -0.1) is 12.4 Å². The summed E-state index contributed by atoms with van der Waals surface area (Å²) in [7, 11) is 1.88. The number of hydrogen-bond donors (Lipinski definition) is 0. The molecule has 0 aliphatic carbocycles. The maximum Gasteiger partial charge on any atom is 0.000183 e. The minimum atomic E-state index is 1.69. The van der Waals surface area contributed by atoms with Crippen LogP contribution in [0.4, 0.5) is 0 Å². The highest BCUT2D eigenvalue weighted by Crippen LogP contribution is 1.72. The van der Waals surface area contributed by atoms with Gasteiger partial charge >= 0.3 is 0 Å². The zero-order chi connectivity index (χ0) is 4.41. The van der Waals surface area contributed by atoms with Crippen molar-refractivity contribution in [2.24, 2.45) is 7.05 Å². The Morgan fingerprint density at radius 3 is 2.83 bits per heavy atom. The van der Waals surface area contributed by atoms with Crippen molar-refractivity contribution in [3.05, 3.63) is 18.7 Å². The summed E-state index contributed by atoms with van der Waals surface area (Å²) in [6, 6.07) is 0. The summed E-state index contributed by atoms with van der Waals surface area (Å²) in [4.78, 5) is 3.66. The molecule has 0 saturated heterocycles. The van der Waals surface area contributed by atoms with E-state index < -0.39 is 0 Å². The van der Waals surface area contributed by atoms with Gasteiger partial charge in [-0.05, 0) is 7.05 Å². The molecule has 0 N–H and O–H groups in total. The van der Waals surface area contributed by atoms with E-state index in [4.69, 9.17) is 0 Å². The summed E-state index contributed by atoms with van der Waals surface area (Å²) >= 11 is 0. The molecule has 1 rings (SSSR count). The van der Waals surface area contributed by atoms with E-state index in [0.717, 1.165) is 0 Å². The number of aromatic nitrogens is 2. The van der Waals surface area contributed by atoms with E-state index in [0.29, 0.717) is 0 Å². The molecular weight excluding hydrogens is 76.1 g/mol. The predicted molar refractivity (Wildman–Crippen MR) is 22.0 cm³/mol. The molecule has 1 aromatic heterocycles. The lowest BCUT2D eigenvalue weighted by Crippen LogP contribution is -1.77. The van der Waals surface area contributed by atoms with Gasteiger partial charge in [-0.1, -0.05) is 0 Å². The largest absolute Gasteiger partial charge is 0.457 e. The average Bonchev–Trinajstić information content (AvgIpc) is 1.86.